The van der Waals surface area contributed by atoms with Gasteiger partial charge in [0.05, 0.1) is 4.88 Å². The summed E-state index contributed by atoms with van der Waals surface area (Å²) in [6.45, 7) is 6.48. The Morgan fingerprint density at radius 2 is 2.41 bits per heavy atom. The number of thiophene rings is 1. The van der Waals surface area contributed by atoms with Crippen LogP contribution in [-0.4, -0.2) is 22.6 Å². The lowest BCUT2D eigenvalue weighted by molar-refractivity contribution is 0.497. The number of nitrogens with zero attached hydrogens (tertiary/aromatic N) is 2. The molecule has 0 fully saturated rings. The van der Waals surface area contributed by atoms with E-state index in [0.29, 0.717) is 6.04 Å². The first-order valence-electron chi connectivity index (χ1n) is 6.10. The Morgan fingerprint density at radius 1 is 1.53 bits per heavy atom. The van der Waals surface area contributed by atoms with Crippen molar-refractivity contribution >= 4 is 11.3 Å². The van der Waals surface area contributed by atoms with Gasteiger partial charge in [-0.3, -0.25) is 0 Å². The lowest BCUT2D eigenvalue weighted by Crippen LogP contribution is -2.24. The Bertz CT molecular complexity index is 433. The molecule has 0 saturated carbocycles. The first-order valence-corrected chi connectivity index (χ1v) is 6.98. The van der Waals surface area contributed by atoms with E-state index < -0.39 is 0 Å². The maximum atomic E-state index is 4.45. The van der Waals surface area contributed by atoms with E-state index >= 15 is 0 Å². The number of aromatic nitrogens is 2. The normalized spacial score (nSPS) is 12.8. The summed E-state index contributed by atoms with van der Waals surface area (Å²) >= 11 is 1.74. The van der Waals surface area contributed by atoms with Gasteiger partial charge < -0.3 is 9.88 Å². The van der Waals surface area contributed by atoms with Crippen LogP contribution in [0.3, 0.4) is 0 Å². The lowest BCUT2D eigenvalue weighted by atomic mass is 10.3. The summed E-state index contributed by atoms with van der Waals surface area (Å²) in [5.41, 5.74) is 0. The monoisotopic (exact) mass is 249 g/mol. The molecule has 17 heavy (non-hydrogen) atoms. The van der Waals surface area contributed by atoms with Crippen molar-refractivity contribution in [1.82, 2.24) is 14.9 Å². The predicted octanol–water partition coefficient (Wildman–Crippen LogP) is 3.17. The molecule has 0 aliphatic rings. The van der Waals surface area contributed by atoms with E-state index in [2.05, 4.69) is 52.4 Å². The van der Waals surface area contributed by atoms with Crippen molar-refractivity contribution in [1.29, 1.82) is 0 Å². The minimum Gasteiger partial charge on any atom is -0.326 e. The van der Waals surface area contributed by atoms with E-state index in [9.17, 15) is 0 Å². The van der Waals surface area contributed by atoms with Crippen LogP contribution in [0, 0.1) is 0 Å². The number of hydrogen-bond donors (Lipinski definition) is 1. The van der Waals surface area contributed by atoms with E-state index in [4.69, 9.17) is 0 Å². The first kappa shape index (κ1) is 12.3. The van der Waals surface area contributed by atoms with Crippen molar-refractivity contribution in [3.8, 4) is 10.7 Å². The van der Waals surface area contributed by atoms with Crippen LogP contribution in [0.15, 0.2) is 29.9 Å². The Labute approximate surface area is 107 Å². The molecule has 3 nitrogen and oxygen atoms in total. The largest absolute Gasteiger partial charge is 0.326 e. The molecule has 2 rings (SSSR count). The molecule has 0 saturated heterocycles. The van der Waals surface area contributed by atoms with Crippen molar-refractivity contribution < 1.29 is 0 Å². The summed E-state index contributed by atoms with van der Waals surface area (Å²) in [5.74, 6) is 1.07. The fourth-order valence-corrected chi connectivity index (χ4v) is 2.58. The van der Waals surface area contributed by atoms with Gasteiger partial charge in [0.2, 0.25) is 0 Å². The number of nitrogens with one attached hydrogen (secondary N) is 1. The summed E-state index contributed by atoms with van der Waals surface area (Å²) in [6.07, 6.45) is 5.12. The van der Waals surface area contributed by atoms with Crippen LogP contribution in [0.1, 0.15) is 26.3 Å². The molecule has 0 radical (unpaired) electrons. The lowest BCUT2D eigenvalue weighted by Gasteiger charge is -2.16. The zero-order valence-corrected chi connectivity index (χ0v) is 11.2. The van der Waals surface area contributed by atoms with Crippen molar-refractivity contribution in [2.75, 3.05) is 13.1 Å². The average molecular weight is 249 g/mol. The van der Waals surface area contributed by atoms with E-state index in [1.807, 2.05) is 6.20 Å². The van der Waals surface area contributed by atoms with Crippen molar-refractivity contribution in [2.24, 2.45) is 0 Å². The second-order valence-electron chi connectivity index (χ2n) is 4.19. The van der Waals surface area contributed by atoms with Gasteiger partial charge in [-0.2, -0.15) is 0 Å². The summed E-state index contributed by atoms with van der Waals surface area (Å²) in [6, 6.07) is 4.62. The molecule has 1 N–H and O–H groups in total. The van der Waals surface area contributed by atoms with Crippen LogP contribution in [-0.2, 0) is 0 Å². The summed E-state index contributed by atoms with van der Waals surface area (Å²) in [7, 11) is 0. The van der Waals surface area contributed by atoms with Gasteiger partial charge in [-0.05, 0) is 31.3 Å². The van der Waals surface area contributed by atoms with E-state index in [-0.39, 0.29) is 0 Å². The standard InChI is InChI=1S/C13H19N3S/c1-3-6-14-10-11(2)16-8-7-15-13(16)12-5-4-9-17-12/h4-5,7-9,11,14H,3,6,10H2,1-2H3. The maximum Gasteiger partial charge on any atom is 0.150 e. The third-order valence-corrected chi connectivity index (χ3v) is 3.62. The van der Waals surface area contributed by atoms with Crippen LogP contribution in [0.2, 0.25) is 0 Å². The van der Waals surface area contributed by atoms with Crippen LogP contribution in [0.5, 0.6) is 0 Å². The zero-order chi connectivity index (χ0) is 12.1. The molecule has 4 heteroatoms. The third kappa shape index (κ3) is 2.96. The highest BCUT2D eigenvalue weighted by Gasteiger charge is 2.11. The Morgan fingerprint density at radius 3 is 3.12 bits per heavy atom. The molecule has 1 unspecified atom stereocenters. The van der Waals surface area contributed by atoms with Crippen LogP contribution < -0.4 is 5.32 Å². The average Bonchev–Trinajstić information content (AvgIpc) is 2.99. The summed E-state index contributed by atoms with van der Waals surface area (Å²) in [4.78, 5) is 5.69. The minimum absolute atomic E-state index is 0.432. The molecule has 0 bridgehead atoms. The van der Waals surface area contributed by atoms with Gasteiger partial charge in [-0.1, -0.05) is 13.0 Å². The van der Waals surface area contributed by atoms with Gasteiger partial charge >= 0.3 is 0 Å². The number of rotatable bonds is 6. The molecule has 2 aromatic rings. The molecule has 0 aromatic carbocycles. The van der Waals surface area contributed by atoms with Gasteiger partial charge in [-0.15, -0.1) is 11.3 Å². The predicted molar refractivity (Wildman–Crippen MR) is 73.4 cm³/mol. The van der Waals surface area contributed by atoms with Gasteiger partial charge in [-0.25, -0.2) is 4.98 Å². The van der Waals surface area contributed by atoms with Gasteiger partial charge in [0.1, 0.15) is 5.82 Å². The molecular formula is C13H19N3S. The quantitative estimate of drug-likeness (QED) is 0.797. The van der Waals surface area contributed by atoms with E-state index in [1.165, 1.54) is 11.3 Å². The molecule has 92 valence electrons. The van der Waals surface area contributed by atoms with Crippen molar-refractivity contribution in [2.45, 2.75) is 26.3 Å². The van der Waals surface area contributed by atoms with Crippen LogP contribution in [0.4, 0.5) is 0 Å². The highest BCUT2D eigenvalue weighted by molar-refractivity contribution is 7.13. The molecule has 0 aliphatic carbocycles. The second kappa shape index (κ2) is 5.98. The third-order valence-electron chi connectivity index (χ3n) is 2.75. The molecule has 2 aromatic heterocycles. The Hall–Kier alpha value is -1.13. The molecule has 0 aliphatic heterocycles. The molecule has 2 heterocycles. The zero-order valence-electron chi connectivity index (χ0n) is 10.4. The maximum absolute atomic E-state index is 4.45. The topological polar surface area (TPSA) is 29.9 Å². The van der Waals surface area contributed by atoms with Gasteiger partial charge in [0.25, 0.3) is 0 Å². The SMILES string of the molecule is CCCNCC(C)n1ccnc1-c1cccs1. The van der Waals surface area contributed by atoms with Crippen LogP contribution >= 0.6 is 11.3 Å². The Kier molecular flexibility index (Phi) is 4.34. The number of imidazole rings is 1. The van der Waals surface area contributed by atoms with Gasteiger partial charge in [0.15, 0.2) is 0 Å². The van der Waals surface area contributed by atoms with Crippen molar-refractivity contribution in [3.63, 3.8) is 0 Å². The second-order valence-corrected chi connectivity index (χ2v) is 5.14. The molecular weight excluding hydrogens is 230 g/mol. The minimum atomic E-state index is 0.432. The van der Waals surface area contributed by atoms with E-state index in [1.54, 1.807) is 11.3 Å². The summed E-state index contributed by atoms with van der Waals surface area (Å²) < 4.78 is 2.24. The summed E-state index contributed by atoms with van der Waals surface area (Å²) in [5, 5.41) is 5.54. The Balaban J connectivity index is 2.08. The molecule has 0 spiro atoms. The fourth-order valence-electron chi connectivity index (χ4n) is 1.85. The first-order chi connectivity index (χ1) is 8.33. The van der Waals surface area contributed by atoms with Crippen molar-refractivity contribution in [3.05, 3.63) is 29.9 Å². The van der Waals surface area contributed by atoms with Crippen LogP contribution in [0.25, 0.3) is 10.7 Å². The number of hydrogen-bond acceptors (Lipinski definition) is 3. The van der Waals surface area contributed by atoms with Gasteiger partial charge in [0, 0.05) is 25.0 Å². The smallest absolute Gasteiger partial charge is 0.150 e. The fraction of sp³-hybridized carbons (Fsp3) is 0.462. The highest BCUT2D eigenvalue weighted by Crippen LogP contribution is 2.25. The molecule has 1 atom stereocenters. The molecule has 0 amide bonds. The highest BCUT2D eigenvalue weighted by atomic mass is 32.1. The van der Waals surface area contributed by atoms with E-state index in [0.717, 1.165) is 18.9 Å².